The first kappa shape index (κ1) is 23.1. The fraction of sp³-hybridized carbons (Fsp3) is 0.625. The summed E-state index contributed by atoms with van der Waals surface area (Å²) < 4.78 is 40.6. The van der Waals surface area contributed by atoms with Gasteiger partial charge in [-0.05, 0) is 19.3 Å². The number of anilines is 1. The molecule has 0 aliphatic carbocycles. The quantitative estimate of drug-likeness (QED) is 0.395. The predicted octanol–water partition coefficient (Wildman–Crippen LogP) is 2.14. The van der Waals surface area contributed by atoms with Crippen LogP contribution in [0.1, 0.15) is 31.1 Å². The number of nitrogens with zero attached hydrogens (tertiary/aromatic N) is 3. The summed E-state index contributed by atoms with van der Waals surface area (Å²) in [4.78, 5) is 31.8. The smallest absolute Gasteiger partial charge is 0.340 e. The van der Waals surface area contributed by atoms with Gasteiger partial charge in [0.2, 0.25) is 0 Å². The summed E-state index contributed by atoms with van der Waals surface area (Å²) in [5, 5.41) is 7.99. The molecule has 2 aliphatic rings. The van der Waals surface area contributed by atoms with E-state index in [4.69, 9.17) is 35.4 Å². The van der Waals surface area contributed by atoms with E-state index < -0.39 is 33.3 Å². The molecule has 2 fully saturated rings. The molecule has 4 rings (SSSR count). The highest BCUT2D eigenvalue weighted by Crippen LogP contribution is 2.55. The molecule has 15 heteroatoms. The molecule has 0 amide bonds. The molecule has 4 N–H and O–H groups in total. The van der Waals surface area contributed by atoms with Gasteiger partial charge in [-0.1, -0.05) is 11.6 Å². The molecule has 2 saturated heterocycles. The van der Waals surface area contributed by atoms with E-state index in [0.29, 0.717) is 37.4 Å². The van der Waals surface area contributed by atoms with Crippen LogP contribution in [0.2, 0.25) is 5.15 Å². The molecule has 0 spiro atoms. The SMILES string of the molecule is O=P(O)(O)CP(=O)(O)OC[C@@H]1CCC(c2cnc3c(NC4CCOC4)cc(Cl)nn23)O1. The molecular formula is C16H23ClN4O8P2. The summed E-state index contributed by atoms with van der Waals surface area (Å²) in [6, 6.07) is 1.87. The van der Waals surface area contributed by atoms with Crippen molar-refractivity contribution in [3.8, 4) is 0 Å². The molecule has 172 valence electrons. The van der Waals surface area contributed by atoms with Crippen LogP contribution < -0.4 is 5.32 Å². The van der Waals surface area contributed by atoms with E-state index in [-0.39, 0.29) is 17.8 Å². The Bertz CT molecular complexity index is 1040. The largest absolute Gasteiger partial charge is 0.379 e. The van der Waals surface area contributed by atoms with Crippen LogP contribution in [0.5, 0.6) is 0 Å². The van der Waals surface area contributed by atoms with Crippen molar-refractivity contribution in [1.82, 2.24) is 14.6 Å². The first-order valence-electron chi connectivity index (χ1n) is 9.64. The molecule has 0 bridgehead atoms. The number of nitrogens with one attached hydrogen (secondary N) is 1. The second kappa shape index (κ2) is 9.05. The van der Waals surface area contributed by atoms with Crippen molar-refractivity contribution in [3.05, 3.63) is 23.1 Å². The zero-order valence-corrected chi connectivity index (χ0v) is 18.9. The molecule has 4 heterocycles. The summed E-state index contributed by atoms with van der Waals surface area (Å²) in [5.41, 5.74) is 2.00. The number of imidazole rings is 1. The van der Waals surface area contributed by atoms with E-state index in [1.165, 1.54) is 0 Å². The van der Waals surface area contributed by atoms with Crippen molar-refractivity contribution in [2.24, 2.45) is 0 Å². The third-order valence-electron chi connectivity index (χ3n) is 5.02. The Morgan fingerprint density at radius 1 is 1.29 bits per heavy atom. The lowest BCUT2D eigenvalue weighted by molar-refractivity contribution is 0.0125. The molecule has 3 unspecified atom stereocenters. The molecule has 2 aromatic rings. The minimum Gasteiger partial charge on any atom is -0.379 e. The second-order valence-corrected chi connectivity index (χ2v) is 11.9. The van der Waals surface area contributed by atoms with Gasteiger partial charge in [0.25, 0.3) is 0 Å². The molecule has 0 saturated carbocycles. The zero-order chi connectivity index (χ0) is 22.2. The van der Waals surface area contributed by atoms with E-state index in [1.807, 2.05) is 0 Å². The molecular weight excluding hydrogens is 474 g/mol. The van der Waals surface area contributed by atoms with Crippen LogP contribution in [-0.2, 0) is 23.1 Å². The van der Waals surface area contributed by atoms with E-state index in [0.717, 1.165) is 12.1 Å². The topological polar surface area (TPSA) is 165 Å². The minimum atomic E-state index is -4.67. The van der Waals surface area contributed by atoms with Crippen molar-refractivity contribution >= 4 is 38.1 Å². The monoisotopic (exact) mass is 496 g/mol. The minimum absolute atomic E-state index is 0.161. The predicted molar refractivity (Wildman–Crippen MR) is 110 cm³/mol. The van der Waals surface area contributed by atoms with Gasteiger partial charge in [-0.25, -0.2) is 9.50 Å². The average Bonchev–Trinajstić information content (AvgIpc) is 3.38. The Morgan fingerprint density at radius 2 is 2.10 bits per heavy atom. The number of hydrogen-bond acceptors (Lipinski definition) is 8. The standard InChI is InChI=1S/C16H23ClN4O8P2/c17-15-5-12(19-10-3-4-27-7-10)16-18-6-13(21(16)20-15)14-2-1-11(29-14)8-28-31(25,26)9-30(22,23)24/h5-6,10-11,14,19H,1-4,7-9H2,(H,25,26)(H2,22,23,24)/t10?,11-,14?/m0/s1. The molecule has 0 aromatic carbocycles. The molecule has 4 atom stereocenters. The van der Waals surface area contributed by atoms with Gasteiger partial charge < -0.3 is 34.0 Å². The van der Waals surface area contributed by atoms with Crippen molar-refractivity contribution < 1.29 is 37.8 Å². The number of hydrogen-bond donors (Lipinski definition) is 4. The van der Waals surface area contributed by atoms with Gasteiger partial charge in [-0.15, -0.1) is 0 Å². The Balaban J connectivity index is 1.44. The summed E-state index contributed by atoms with van der Waals surface area (Å²) in [6.45, 7) is 1.04. The molecule has 0 radical (unpaired) electrons. The number of fused-ring (bicyclic) bond motifs is 1. The summed E-state index contributed by atoms with van der Waals surface area (Å²) in [6.07, 6.45) is 2.73. The fourth-order valence-electron chi connectivity index (χ4n) is 3.67. The van der Waals surface area contributed by atoms with Crippen LogP contribution in [-0.4, -0.2) is 67.1 Å². The summed E-state index contributed by atoms with van der Waals surface area (Å²) in [7, 11) is -9.10. The Labute approximate surface area is 182 Å². The molecule has 12 nitrogen and oxygen atoms in total. The number of rotatable bonds is 8. The lowest BCUT2D eigenvalue weighted by Crippen LogP contribution is -2.20. The van der Waals surface area contributed by atoms with Gasteiger partial charge in [0.1, 0.15) is 6.10 Å². The lowest BCUT2D eigenvalue weighted by atomic mass is 10.1. The van der Waals surface area contributed by atoms with Crippen LogP contribution in [0.3, 0.4) is 0 Å². The van der Waals surface area contributed by atoms with Gasteiger partial charge in [0, 0.05) is 12.7 Å². The van der Waals surface area contributed by atoms with Crippen LogP contribution in [0.15, 0.2) is 12.3 Å². The van der Waals surface area contributed by atoms with Crippen LogP contribution in [0.4, 0.5) is 5.69 Å². The third-order valence-corrected chi connectivity index (χ3v) is 8.66. The van der Waals surface area contributed by atoms with Crippen molar-refractivity contribution in [2.45, 2.75) is 37.5 Å². The Kier molecular flexibility index (Phi) is 6.75. The lowest BCUT2D eigenvalue weighted by Gasteiger charge is -2.17. The van der Waals surface area contributed by atoms with Gasteiger partial charge >= 0.3 is 15.2 Å². The molecule has 31 heavy (non-hydrogen) atoms. The highest BCUT2D eigenvalue weighted by molar-refractivity contribution is 7.70. The van der Waals surface area contributed by atoms with Crippen molar-refractivity contribution in [2.75, 3.05) is 31.0 Å². The molecule has 2 aliphatic heterocycles. The zero-order valence-electron chi connectivity index (χ0n) is 16.3. The van der Waals surface area contributed by atoms with Crippen LogP contribution in [0.25, 0.3) is 5.65 Å². The van der Waals surface area contributed by atoms with Gasteiger partial charge in [0.05, 0.1) is 42.9 Å². The van der Waals surface area contributed by atoms with Gasteiger partial charge in [-0.2, -0.15) is 5.10 Å². The highest BCUT2D eigenvalue weighted by atomic mass is 35.5. The Hall–Kier alpha value is -1.07. The maximum atomic E-state index is 11.8. The number of ether oxygens (including phenoxy) is 2. The van der Waals surface area contributed by atoms with Crippen molar-refractivity contribution in [3.63, 3.8) is 0 Å². The molecule has 2 aromatic heterocycles. The number of aromatic nitrogens is 3. The maximum absolute atomic E-state index is 11.8. The average molecular weight is 497 g/mol. The fourth-order valence-corrected chi connectivity index (χ4v) is 6.44. The third kappa shape index (κ3) is 5.84. The van der Waals surface area contributed by atoms with E-state index in [1.54, 1.807) is 16.8 Å². The Morgan fingerprint density at radius 3 is 2.81 bits per heavy atom. The van der Waals surface area contributed by atoms with Gasteiger partial charge in [0.15, 0.2) is 16.7 Å². The van der Waals surface area contributed by atoms with Gasteiger partial charge in [-0.3, -0.25) is 9.13 Å². The highest BCUT2D eigenvalue weighted by Gasteiger charge is 2.35. The first-order valence-corrected chi connectivity index (χ1v) is 13.6. The van der Waals surface area contributed by atoms with E-state index in [2.05, 4.69) is 15.4 Å². The summed E-state index contributed by atoms with van der Waals surface area (Å²) in [5.74, 6) is -1.23. The van der Waals surface area contributed by atoms with Crippen LogP contribution in [0, 0.1) is 0 Å². The second-order valence-electron chi connectivity index (χ2n) is 7.57. The normalized spacial score (nSPS) is 26.4. The van der Waals surface area contributed by atoms with Crippen LogP contribution >= 0.6 is 26.8 Å². The number of halogens is 1. The van der Waals surface area contributed by atoms with Crippen molar-refractivity contribution in [1.29, 1.82) is 0 Å². The van der Waals surface area contributed by atoms with E-state index >= 15 is 0 Å². The first-order chi connectivity index (χ1) is 14.6. The summed E-state index contributed by atoms with van der Waals surface area (Å²) >= 11 is 6.21. The van der Waals surface area contributed by atoms with E-state index in [9.17, 15) is 14.0 Å². The maximum Gasteiger partial charge on any atom is 0.340 e.